The fourth-order valence-corrected chi connectivity index (χ4v) is 3.55. The predicted octanol–water partition coefficient (Wildman–Crippen LogP) is 3.01. The normalized spacial score (nSPS) is 15.8. The van der Waals surface area contributed by atoms with Crippen LogP contribution in [0.3, 0.4) is 0 Å². The monoisotopic (exact) mass is 337 g/mol. The molecule has 1 aromatic carbocycles. The van der Waals surface area contributed by atoms with Crippen LogP contribution in [0.15, 0.2) is 36.7 Å². The molecule has 3 aromatic rings. The molecule has 6 heteroatoms. The predicted molar refractivity (Wildman–Crippen MR) is 96.3 cm³/mol. The Morgan fingerprint density at radius 1 is 1.32 bits per heavy atom. The van der Waals surface area contributed by atoms with Crippen molar-refractivity contribution in [3.05, 3.63) is 48.0 Å². The molecule has 1 aliphatic heterocycles. The van der Waals surface area contributed by atoms with E-state index in [4.69, 9.17) is 0 Å². The third-order valence-corrected chi connectivity index (χ3v) is 5.07. The van der Waals surface area contributed by atoms with E-state index in [1.807, 2.05) is 53.2 Å². The molecular formula is C19H23N5O. The quantitative estimate of drug-likeness (QED) is 0.796. The molecule has 0 radical (unpaired) electrons. The van der Waals surface area contributed by atoms with Gasteiger partial charge >= 0.3 is 0 Å². The van der Waals surface area contributed by atoms with E-state index >= 15 is 0 Å². The van der Waals surface area contributed by atoms with Crippen LogP contribution < -0.4 is 0 Å². The highest BCUT2D eigenvalue weighted by Gasteiger charge is 2.25. The summed E-state index contributed by atoms with van der Waals surface area (Å²) in [6, 6.07) is 7.96. The van der Waals surface area contributed by atoms with Gasteiger partial charge < -0.3 is 9.88 Å². The molecule has 0 spiro atoms. The number of carbonyl (C=O) groups is 1. The number of aromatic nitrogens is 4. The molecule has 1 fully saturated rings. The molecule has 1 N–H and O–H groups in total. The second-order valence-electron chi connectivity index (χ2n) is 6.90. The summed E-state index contributed by atoms with van der Waals surface area (Å²) in [5.74, 6) is 1.13. The van der Waals surface area contributed by atoms with Crippen molar-refractivity contribution in [3.8, 4) is 0 Å². The van der Waals surface area contributed by atoms with Gasteiger partial charge in [-0.3, -0.25) is 9.48 Å². The Kier molecular flexibility index (Phi) is 4.26. The Balaban J connectivity index is 1.35. The van der Waals surface area contributed by atoms with Gasteiger partial charge in [0.05, 0.1) is 11.0 Å². The zero-order chi connectivity index (χ0) is 17.2. The Morgan fingerprint density at radius 2 is 2.16 bits per heavy atom. The van der Waals surface area contributed by atoms with E-state index in [0.717, 1.165) is 55.5 Å². The van der Waals surface area contributed by atoms with Gasteiger partial charge in [-0.1, -0.05) is 6.07 Å². The van der Waals surface area contributed by atoms with Gasteiger partial charge in [-0.05, 0) is 55.9 Å². The Bertz CT molecular complexity index is 859. The number of piperidine rings is 1. The van der Waals surface area contributed by atoms with E-state index in [1.165, 1.54) is 0 Å². The van der Waals surface area contributed by atoms with Gasteiger partial charge in [-0.25, -0.2) is 4.98 Å². The minimum Gasteiger partial charge on any atom is -0.336 e. The Hall–Kier alpha value is -2.63. The van der Waals surface area contributed by atoms with Gasteiger partial charge in [0.2, 0.25) is 0 Å². The summed E-state index contributed by atoms with van der Waals surface area (Å²) in [4.78, 5) is 22.3. The lowest BCUT2D eigenvalue weighted by Crippen LogP contribution is -2.39. The van der Waals surface area contributed by atoms with E-state index in [0.29, 0.717) is 11.7 Å². The number of imidazole rings is 1. The molecule has 0 bridgehead atoms. The molecule has 130 valence electrons. The minimum atomic E-state index is 0.0133. The number of benzene rings is 1. The number of nitrogens with one attached hydrogen (secondary N) is 1. The maximum atomic E-state index is 12.7. The van der Waals surface area contributed by atoms with Crippen molar-refractivity contribution in [2.75, 3.05) is 13.1 Å². The second kappa shape index (κ2) is 6.70. The molecule has 0 saturated carbocycles. The number of hydrogen-bond donors (Lipinski definition) is 1. The van der Waals surface area contributed by atoms with Crippen molar-refractivity contribution in [1.29, 1.82) is 0 Å². The third-order valence-electron chi connectivity index (χ3n) is 5.07. The molecule has 0 aliphatic carbocycles. The van der Waals surface area contributed by atoms with Gasteiger partial charge in [0.15, 0.2) is 5.82 Å². The van der Waals surface area contributed by atoms with Crippen molar-refractivity contribution in [2.24, 2.45) is 5.92 Å². The first-order chi connectivity index (χ1) is 12.2. The summed E-state index contributed by atoms with van der Waals surface area (Å²) in [5, 5.41) is 4.25. The molecule has 1 saturated heterocycles. The maximum absolute atomic E-state index is 12.7. The number of fused-ring (bicyclic) bond motifs is 1. The largest absolute Gasteiger partial charge is 0.336 e. The van der Waals surface area contributed by atoms with Crippen LogP contribution in [0.5, 0.6) is 0 Å². The van der Waals surface area contributed by atoms with Crippen LogP contribution >= 0.6 is 0 Å². The van der Waals surface area contributed by atoms with E-state index < -0.39 is 0 Å². The second-order valence-corrected chi connectivity index (χ2v) is 6.90. The van der Waals surface area contributed by atoms with E-state index in [-0.39, 0.29) is 5.91 Å². The van der Waals surface area contributed by atoms with E-state index in [1.54, 1.807) is 0 Å². The fourth-order valence-electron chi connectivity index (χ4n) is 3.55. The SMILES string of the molecule is Cc1ccc2nc(C(=O)N3CCC(CCn4cccn4)CC3)[nH]c2c1. The molecule has 6 nitrogen and oxygen atoms in total. The zero-order valence-electron chi connectivity index (χ0n) is 14.5. The highest BCUT2D eigenvalue weighted by atomic mass is 16.2. The van der Waals surface area contributed by atoms with Crippen LogP contribution in [0.25, 0.3) is 11.0 Å². The first-order valence-corrected chi connectivity index (χ1v) is 8.92. The van der Waals surface area contributed by atoms with Gasteiger partial charge in [0.25, 0.3) is 5.91 Å². The molecule has 1 aliphatic rings. The molecule has 0 atom stereocenters. The smallest absolute Gasteiger partial charge is 0.289 e. The van der Waals surface area contributed by atoms with Crippen LogP contribution in [0.1, 0.15) is 35.4 Å². The fraction of sp³-hybridized carbons (Fsp3) is 0.421. The molecule has 3 heterocycles. The molecule has 1 amide bonds. The number of likely N-dealkylation sites (tertiary alicyclic amines) is 1. The summed E-state index contributed by atoms with van der Waals surface area (Å²) in [5.41, 5.74) is 2.94. The zero-order valence-corrected chi connectivity index (χ0v) is 14.5. The Morgan fingerprint density at radius 3 is 2.92 bits per heavy atom. The number of amides is 1. The van der Waals surface area contributed by atoms with Crippen LogP contribution in [0.4, 0.5) is 0 Å². The summed E-state index contributed by atoms with van der Waals surface area (Å²) in [7, 11) is 0. The van der Waals surface area contributed by atoms with Crippen LogP contribution in [0, 0.1) is 12.8 Å². The summed E-state index contributed by atoms with van der Waals surface area (Å²) < 4.78 is 1.98. The highest BCUT2D eigenvalue weighted by molar-refractivity contribution is 5.94. The van der Waals surface area contributed by atoms with E-state index in [2.05, 4.69) is 15.1 Å². The van der Waals surface area contributed by atoms with E-state index in [9.17, 15) is 4.79 Å². The lowest BCUT2D eigenvalue weighted by atomic mass is 9.93. The van der Waals surface area contributed by atoms with Crippen molar-refractivity contribution in [1.82, 2.24) is 24.6 Å². The Labute approximate surface area is 146 Å². The molecular weight excluding hydrogens is 314 g/mol. The number of hydrogen-bond acceptors (Lipinski definition) is 3. The van der Waals surface area contributed by atoms with Gasteiger partial charge in [-0.2, -0.15) is 5.10 Å². The number of aromatic amines is 1. The number of rotatable bonds is 4. The summed E-state index contributed by atoms with van der Waals surface area (Å²) in [6.07, 6.45) is 7.03. The maximum Gasteiger partial charge on any atom is 0.289 e. The average molecular weight is 337 g/mol. The molecule has 0 unspecified atom stereocenters. The molecule has 25 heavy (non-hydrogen) atoms. The standard InChI is InChI=1S/C19H23N5O/c1-14-3-4-16-17(13-14)22-18(21-16)19(25)23-10-5-15(6-11-23)7-12-24-9-2-8-20-24/h2-4,8-9,13,15H,5-7,10-12H2,1H3,(H,21,22). The number of nitrogens with zero attached hydrogens (tertiary/aromatic N) is 4. The van der Waals surface area contributed by atoms with Crippen molar-refractivity contribution in [3.63, 3.8) is 0 Å². The lowest BCUT2D eigenvalue weighted by Gasteiger charge is -2.31. The molecule has 2 aromatic heterocycles. The van der Waals surface area contributed by atoms with Crippen LogP contribution in [-0.2, 0) is 6.54 Å². The van der Waals surface area contributed by atoms with Gasteiger partial charge in [0.1, 0.15) is 0 Å². The number of H-pyrrole nitrogens is 1. The summed E-state index contributed by atoms with van der Waals surface area (Å²) in [6.45, 7) is 4.60. The first kappa shape index (κ1) is 15.9. The van der Waals surface area contributed by atoms with Crippen molar-refractivity contribution < 1.29 is 4.79 Å². The minimum absolute atomic E-state index is 0.0133. The topological polar surface area (TPSA) is 66.8 Å². The van der Waals surface area contributed by atoms with Crippen molar-refractivity contribution in [2.45, 2.75) is 32.7 Å². The van der Waals surface area contributed by atoms with Gasteiger partial charge in [-0.15, -0.1) is 0 Å². The molecule has 4 rings (SSSR count). The highest BCUT2D eigenvalue weighted by Crippen LogP contribution is 2.22. The first-order valence-electron chi connectivity index (χ1n) is 8.92. The average Bonchev–Trinajstić information content (AvgIpc) is 3.29. The lowest BCUT2D eigenvalue weighted by molar-refractivity contribution is 0.0673. The van der Waals surface area contributed by atoms with Gasteiger partial charge in [0, 0.05) is 32.0 Å². The van der Waals surface area contributed by atoms with Crippen LogP contribution in [-0.4, -0.2) is 43.6 Å². The third kappa shape index (κ3) is 3.43. The van der Waals surface area contributed by atoms with Crippen molar-refractivity contribution >= 4 is 16.9 Å². The number of carbonyl (C=O) groups excluding carboxylic acids is 1. The van der Waals surface area contributed by atoms with Crippen LogP contribution in [0.2, 0.25) is 0 Å². The summed E-state index contributed by atoms with van der Waals surface area (Å²) >= 11 is 0. The number of aryl methyl sites for hydroxylation is 2.